The SMILES string of the molecule is Nc1ccc2c(c1)CN(Cc1ccsc1)C2. The molecular formula is C13H14N2S. The molecule has 0 aliphatic carbocycles. The van der Waals surface area contributed by atoms with Gasteiger partial charge < -0.3 is 5.73 Å². The summed E-state index contributed by atoms with van der Waals surface area (Å²) >= 11 is 1.76. The van der Waals surface area contributed by atoms with Crippen molar-refractivity contribution < 1.29 is 0 Å². The van der Waals surface area contributed by atoms with Gasteiger partial charge in [0.25, 0.3) is 0 Å². The second-order valence-corrected chi connectivity index (χ2v) is 5.08. The smallest absolute Gasteiger partial charge is 0.0317 e. The zero-order valence-electron chi connectivity index (χ0n) is 9.02. The third-order valence-electron chi connectivity index (χ3n) is 3.00. The number of anilines is 1. The van der Waals surface area contributed by atoms with E-state index in [2.05, 4.69) is 33.9 Å². The number of nitrogen functional groups attached to an aromatic ring is 1. The Bertz CT molecular complexity index is 491. The molecule has 0 bridgehead atoms. The lowest BCUT2D eigenvalue weighted by molar-refractivity contribution is 0.276. The summed E-state index contributed by atoms with van der Waals surface area (Å²) in [7, 11) is 0. The topological polar surface area (TPSA) is 29.3 Å². The molecule has 2 nitrogen and oxygen atoms in total. The van der Waals surface area contributed by atoms with Crippen molar-refractivity contribution in [1.82, 2.24) is 4.90 Å². The molecule has 0 unspecified atom stereocenters. The Labute approximate surface area is 99.3 Å². The molecule has 0 amide bonds. The fraction of sp³-hybridized carbons (Fsp3) is 0.231. The monoisotopic (exact) mass is 230 g/mol. The van der Waals surface area contributed by atoms with Crippen LogP contribution in [0.15, 0.2) is 35.0 Å². The van der Waals surface area contributed by atoms with E-state index in [1.165, 1.54) is 16.7 Å². The van der Waals surface area contributed by atoms with Gasteiger partial charge in [-0.25, -0.2) is 0 Å². The first-order valence-electron chi connectivity index (χ1n) is 5.42. The molecule has 1 aliphatic heterocycles. The van der Waals surface area contributed by atoms with E-state index in [1.54, 1.807) is 11.3 Å². The molecule has 1 aliphatic rings. The minimum atomic E-state index is 0.871. The molecule has 2 aromatic rings. The van der Waals surface area contributed by atoms with Crippen LogP contribution in [0, 0.1) is 0 Å². The van der Waals surface area contributed by atoms with E-state index in [4.69, 9.17) is 5.73 Å². The quantitative estimate of drug-likeness (QED) is 0.804. The number of nitrogens with zero attached hydrogens (tertiary/aromatic N) is 1. The molecule has 0 fully saturated rings. The summed E-state index contributed by atoms with van der Waals surface area (Å²) in [6, 6.07) is 8.44. The van der Waals surface area contributed by atoms with Crippen LogP contribution in [0.25, 0.3) is 0 Å². The molecule has 3 heteroatoms. The Balaban J connectivity index is 1.75. The van der Waals surface area contributed by atoms with Crippen LogP contribution in [0.1, 0.15) is 16.7 Å². The summed E-state index contributed by atoms with van der Waals surface area (Å²) in [4.78, 5) is 2.45. The van der Waals surface area contributed by atoms with Crippen molar-refractivity contribution in [2.75, 3.05) is 5.73 Å². The van der Waals surface area contributed by atoms with Gasteiger partial charge in [0.05, 0.1) is 0 Å². The van der Waals surface area contributed by atoms with Gasteiger partial charge in [-0.15, -0.1) is 0 Å². The number of thiophene rings is 1. The van der Waals surface area contributed by atoms with Crippen LogP contribution in [0.3, 0.4) is 0 Å². The van der Waals surface area contributed by atoms with E-state index in [1.807, 2.05) is 6.07 Å². The number of fused-ring (bicyclic) bond motifs is 1. The first-order chi connectivity index (χ1) is 7.81. The van der Waals surface area contributed by atoms with E-state index in [-0.39, 0.29) is 0 Å². The summed E-state index contributed by atoms with van der Waals surface area (Å²) in [6.07, 6.45) is 0. The van der Waals surface area contributed by atoms with Crippen LogP contribution in [0.5, 0.6) is 0 Å². The number of hydrogen-bond acceptors (Lipinski definition) is 3. The number of benzene rings is 1. The van der Waals surface area contributed by atoms with Gasteiger partial charge in [-0.05, 0) is 45.6 Å². The van der Waals surface area contributed by atoms with Crippen molar-refractivity contribution in [3.63, 3.8) is 0 Å². The second kappa shape index (κ2) is 3.92. The van der Waals surface area contributed by atoms with Gasteiger partial charge in [-0.2, -0.15) is 11.3 Å². The van der Waals surface area contributed by atoms with Crippen molar-refractivity contribution in [2.24, 2.45) is 0 Å². The molecule has 0 saturated carbocycles. The first-order valence-corrected chi connectivity index (χ1v) is 6.36. The fourth-order valence-electron chi connectivity index (χ4n) is 2.24. The molecule has 2 heterocycles. The van der Waals surface area contributed by atoms with Crippen molar-refractivity contribution in [1.29, 1.82) is 0 Å². The van der Waals surface area contributed by atoms with Crippen molar-refractivity contribution in [3.8, 4) is 0 Å². The molecular weight excluding hydrogens is 216 g/mol. The fourth-order valence-corrected chi connectivity index (χ4v) is 2.90. The van der Waals surface area contributed by atoms with E-state index < -0.39 is 0 Å². The predicted molar refractivity (Wildman–Crippen MR) is 68.1 cm³/mol. The molecule has 1 aromatic carbocycles. The highest BCUT2D eigenvalue weighted by Crippen LogP contribution is 2.26. The lowest BCUT2D eigenvalue weighted by Gasteiger charge is -2.13. The maximum atomic E-state index is 5.80. The zero-order valence-corrected chi connectivity index (χ0v) is 9.83. The number of nitrogens with two attached hydrogens (primary N) is 1. The van der Waals surface area contributed by atoms with Gasteiger partial charge in [-0.1, -0.05) is 6.07 Å². The summed E-state index contributed by atoms with van der Waals surface area (Å²) in [5, 5.41) is 4.36. The standard InChI is InChI=1S/C13H14N2S/c14-13-2-1-11-7-15(8-12(11)5-13)6-10-3-4-16-9-10/h1-5,9H,6-8,14H2. The van der Waals surface area contributed by atoms with E-state index in [0.717, 1.165) is 25.3 Å². The lowest BCUT2D eigenvalue weighted by Crippen LogP contribution is -2.14. The summed E-state index contributed by atoms with van der Waals surface area (Å²) in [5.41, 5.74) is 10.9. The average molecular weight is 230 g/mol. The van der Waals surface area contributed by atoms with Crippen LogP contribution < -0.4 is 5.73 Å². The van der Waals surface area contributed by atoms with Crippen molar-refractivity contribution in [2.45, 2.75) is 19.6 Å². The summed E-state index contributed by atoms with van der Waals surface area (Å²) in [6.45, 7) is 3.11. The van der Waals surface area contributed by atoms with Gasteiger partial charge >= 0.3 is 0 Å². The van der Waals surface area contributed by atoms with Gasteiger partial charge in [0.1, 0.15) is 0 Å². The molecule has 0 radical (unpaired) electrons. The average Bonchev–Trinajstić information content (AvgIpc) is 2.86. The zero-order chi connectivity index (χ0) is 11.0. The highest BCUT2D eigenvalue weighted by Gasteiger charge is 2.18. The molecule has 0 saturated heterocycles. The van der Waals surface area contributed by atoms with E-state index in [0.29, 0.717) is 0 Å². The molecule has 0 spiro atoms. The Morgan fingerprint density at radius 2 is 2.06 bits per heavy atom. The van der Waals surface area contributed by atoms with Crippen LogP contribution in [-0.4, -0.2) is 4.90 Å². The minimum Gasteiger partial charge on any atom is -0.399 e. The molecule has 1 aromatic heterocycles. The van der Waals surface area contributed by atoms with Crippen LogP contribution >= 0.6 is 11.3 Å². The van der Waals surface area contributed by atoms with E-state index >= 15 is 0 Å². The normalized spacial score (nSPS) is 15.2. The third kappa shape index (κ3) is 1.84. The number of hydrogen-bond donors (Lipinski definition) is 1. The van der Waals surface area contributed by atoms with Crippen molar-refractivity contribution >= 4 is 17.0 Å². The minimum absolute atomic E-state index is 0.871. The second-order valence-electron chi connectivity index (χ2n) is 4.30. The lowest BCUT2D eigenvalue weighted by atomic mass is 10.1. The maximum absolute atomic E-state index is 5.80. The Hall–Kier alpha value is -1.32. The van der Waals surface area contributed by atoms with Gasteiger partial charge in [-0.3, -0.25) is 4.90 Å². The van der Waals surface area contributed by atoms with Gasteiger partial charge in [0, 0.05) is 25.3 Å². The molecule has 0 atom stereocenters. The number of rotatable bonds is 2. The maximum Gasteiger partial charge on any atom is 0.0317 e. The largest absolute Gasteiger partial charge is 0.399 e. The summed E-state index contributed by atoms with van der Waals surface area (Å²) < 4.78 is 0. The van der Waals surface area contributed by atoms with Crippen LogP contribution in [-0.2, 0) is 19.6 Å². The first kappa shape index (κ1) is 9.87. The molecule has 16 heavy (non-hydrogen) atoms. The van der Waals surface area contributed by atoms with Gasteiger partial charge in [0.15, 0.2) is 0 Å². The highest BCUT2D eigenvalue weighted by atomic mass is 32.1. The Kier molecular flexibility index (Phi) is 2.42. The van der Waals surface area contributed by atoms with Crippen LogP contribution in [0.2, 0.25) is 0 Å². The molecule has 82 valence electrons. The van der Waals surface area contributed by atoms with Gasteiger partial charge in [0.2, 0.25) is 0 Å². The van der Waals surface area contributed by atoms with Crippen LogP contribution in [0.4, 0.5) is 5.69 Å². The Morgan fingerprint density at radius 3 is 2.88 bits per heavy atom. The Morgan fingerprint density at radius 1 is 1.19 bits per heavy atom. The summed E-state index contributed by atoms with van der Waals surface area (Å²) in [5.74, 6) is 0. The highest BCUT2D eigenvalue weighted by molar-refractivity contribution is 7.07. The third-order valence-corrected chi connectivity index (χ3v) is 3.74. The van der Waals surface area contributed by atoms with E-state index in [9.17, 15) is 0 Å². The van der Waals surface area contributed by atoms with Crippen molar-refractivity contribution in [3.05, 3.63) is 51.7 Å². The molecule has 2 N–H and O–H groups in total. The molecule has 3 rings (SSSR count). The predicted octanol–water partition coefficient (Wildman–Crippen LogP) is 2.85.